The smallest absolute Gasteiger partial charge is 0.126 e. The fraction of sp³-hybridized carbons (Fsp3) is 0.667. The topological polar surface area (TPSA) is 38.0 Å². The third kappa shape index (κ3) is 2.15. The van der Waals surface area contributed by atoms with Crippen LogP contribution in [-0.2, 0) is 6.54 Å². The highest BCUT2D eigenvalue weighted by Gasteiger charge is 2.32. The summed E-state index contributed by atoms with van der Waals surface area (Å²) in [5.41, 5.74) is 0. The summed E-state index contributed by atoms with van der Waals surface area (Å²) in [4.78, 5) is 0. The van der Waals surface area contributed by atoms with Gasteiger partial charge in [0.25, 0.3) is 0 Å². The average Bonchev–Trinajstić information content (AvgIpc) is 2.62. The van der Waals surface area contributed by atoms with Crippen LogP contribution in [0, 0.1) is 5.92 Å². The monoisotopic (exact) mass is 262 g/mol. The summed E-state index contributed by atoms with van der Waals surface area (Å²) in [6.07, 6.45) is 2.71. The first-order valence-corrected chi connectivity index (χ1v) is 5.44. The van der Waals surface area contributed by atoms with Gasteiger partial charge in [-0.15, -0.1) is 0 Å². The molecule has 0 aromatic carbocycles. The number of hydrogen-bond acceptors (Lipinski definition) is 2. The van der Waals surface area contributed by atoms with Gasteiger partial charge in [-0.1, -0.05) is 0 Å². The molecule has 3 unspecified atom stereocenters. The Morgan fingerprint density at radius 3 is 2.93 bits per heavy atom. The van der Waals surface area contributed by atoms with E-state index >= 15 is 0 Å². The quantitative estimate of drug-likeness (QED) is 0.882. The van der Waals surface area contributed by atoms with Crippen molar-refractivity contribution < 1.29 is 9.50 Å². The molecule has 0 bridgehead atoms. The molecular weight excluding hydrogens is 251 g/mol. The molecule has 78 valence electrons. The standard InChI is InChI=1S/C9H12BrFN2O/c10-7-3-12-13(5-7)4-6-1-8(11)9(14)2-6/h3,5-6,8-9,14H,1-2,4H2. The normalized spacial score (nSPS) is 32.4. The molecular formula is C9H12BrFN2O. The number of rotatable bonds is 2. The molecule has 0 spiro atoms. The average molecular weight is 263 g/mol. The maximum Gasteiger partial charge on any atom is 0.126 e. The zero-order chi connectivity index (χ0) is 10.1. The van der Waals surface area contributed by atoms with Crippen LogP contribution < -0.4 is 0 Å². The second-order valence-corrected chi connectivity index (χ2v) is 4.72. The molecule has 0 amide bonds. The Labute approximate surface area is 90.0 Å². The fourth-order valence-electron chi connectivity index (χ4n) is 1.91. The predicted molar refractivity (Wildman–Crippen MR) is 53.6 cm³/mol. The molecule has 1 N–H and O–H groups in total. The van der Waals surface area contributed by atoms with Crippen LogP contribution in [0.1, 0.15) is 12.8 Å². The number of aliphatic hydroxyl groups excluding tert-OH is 1. The molecule has 0 saturated heterocycles. The van der Waals surface area contributed by atoms with Crippen molar-refractivity contribution in [3.63, 3.8) is 0 Å². The molecule has 1 aromatic rings. The Hall–Kier alpha value is -0.420. The highest BCUT2D eigenvalue weighted by Crippen LogP contribution is 2.29. The predicted octanol–water partition coefficient (Wildman–Crippen LogP) is 1.75. The lowest BCUT2D eigenvalue weighted by Gasteiger charge is -2.07. The Balaban J connectivity index is 1.93. The number of alkyl halides is 1. The molecule has 1 aliphatic carbocycles. The van der Waals surface area contributed by atoms with E-state index in [1.54, 1.807) is 10.9 Å². The number of aliphatic hydroxyl groups is 1. The van der Waals surface area contributed by atoms with Crippen LogP contribution in [-0.4, -0.2) is 27.2 Å². The minimum Gasteiger partial charge on any atom is -0.390 e. The van der Waals surface area contributed by atoms with Gasteiger partial charge in [0.1, 0.15) is 6.17 Å². The molecule has 1 saturated carbocycles. The molecule has 3 atom stereocenters. The summed E-state index contributed by atoms with van der Waals surface area (Å²) in [6.45, 7) is 0.684. The van der Waals surface area contributed by atoms with Crippen molar-refractivity contribution in [3.05, 3.63) is 16.9 Å². The van der Waals surface area contributed by atoms with Gasteiger partial charge in [-0.3, -0.25) is 4.68 Å². The van der Waals surface area contributed by atoms with E-state index in [2.05, 4.69) is 21.0 Å². The molecule has 1 aromatic heterocycles. The molecule has 5 heteroatoms. The summed E-state index contributed by atoms with van der Waals surface area (Å²) in [5, 5.41) is 13.3. The van der Waals surface area contributed by atoms with E-state index in [1.165, 1.54) is 0 Å². The largest absolute Gasteiger partial charge is 0.390 e. The van der Waals surface area contributed by atoms with Crippen LogP contribution in [0.4, 0.5) is 4.39 Å². The third-order valence-electron chi connectivity index (χ3n) is 2.60. The molecule has 14 heavy (non-hydrogen) atoms. The van der Waals surface area contributed by atoms with Gasteiger partial charge >= 0.3 is 0 Å². The Morgan fingerprint density at radius 1 is 1.64 bits per heavy atom. The van der Waals surface area contributed by atoms with Crippen molar-refractivity contribution in [2.45, 2.75) is 31.7 Å². The molecule has 0 radical (unpaired) electrons. The van der Waals surface area contributed by atoms with Crippen molar-refractivity contribution in [1.29, 1.82) is 0 Å². The van der Waals surface area contributed by atoms with Crippen molar-refractivity contribution >= 4 is 15.9 Å². The highest BCUT2D eigenvalue weighted by atomic mass is 79.9. The van der Waals surface area contributed by atoms with Crippen LogP contribution in [0.15, 0.2) is 16.9 Å². The maximum atomic E-state index is 13.0. The number of halogens is 2. The van der Waals surface area contributed by atoms with Crippen molar-refractivity contribution in [2.24, 2.45) is 5.92 Å². The van der Waals surface area contributed by atoms with Gasteiger partial charge in [-0.2, -0.15) is 5.10 Å². The first-order valence-electron chi connectivity index (χ1n) is 4.65. The highest BCUT2D eigenvalue weighted by molar-refractivity contribution is 9.10. The van der Waals surface area contributed by atoms with E-state index in [0.29, 0.717) is 19.4 Å². The summed E-state index contributed by atoms with van der Waals surface area (Å²) < 4.78 is 15.7. The molecule has 1 heterocycles. The van der Waals surface area contributed by atoms with Gasteiger partial charge in [0.15, 0.2) is 0 Å². The lowest BCUT2D eigenvalue weighted by atomic mass is 10.1. The fourth-order valence-corrected chi connectivity index (χ4v) is 2.24. The summed E-state index contributed by atoms with van der Waals surface area (Å²) in [5.74, 6) is 0.201. The lowest BCUT2D eigenvalue weighted by molar-refractivity contribution is 0.102. The first-order chi connectivity index (χ1) is 6.65. The third-order valence-corrected chi connectivity index (χ3v) is 3.01. The minimum absolute atomic E-state index is 0.201. The van der Waals surface area contributed by atoms with Crippen LogP contribution in [0.2, 0.25) is 0 Å². The first kappa shape index (κ1) is 10.1. The van der Waals surface area contributed by atoms with E-state index in [1.807, 2.05) is 6.20 Å². The second-order valence-electron chi connectivity index (χ2n) is 3.80. The maximum absolute atomic E-state index is 13.0. The second kappa shape index (κ2) is 3.98. The van der Waals surface area contributed by atoms with Crippen LogP contribution in [0.3, 0.4) is 0 Å². The summed E-state index contributed by atoms with van der Waals surface area (Å²) in [6, 6.07) is 0. The number of aromatic nitrogens is 2. The number of nitrogens with zero attached hydrogens (tertiary/aromatic N) is 2. The van der Waals surface area contributed by atoms with Crippen molar-refractivity contribution in [1.82, 2.24) is 9.78 Å². The summed E-state index contributed by atoms with van der Waals surface area (Å²) in [7, 11) is 0. The van der Waals surface area contributed by atoms with Crippen LogP contribution in [0.5, 0.6) is 0 Å². The van der Waals surface area contributed by atoms with Gasteiger partial charge < -0.3 is 5.11 Å². The van der Waals surface area contributed by atoms with E-state index in [4.69, 9.17) is 0 Å². The number of hydrogen-bond donors (Lipinski definition) is 1. The SMILES string of the molecule is OC1CC(Cn2cc(Br)cn2)CC1F. The van der Waals surface area contributed by atoms with Gasteiger partial charge in [-0.05, 0) is 34.7 Å². The van der Waals surface area contributed by atoms with Gasteiger partial charge in [0.05, 0.1) is 16.8 Å². The van der Waals surface area contributed by atoms with Crippen LogP contribution >= 0.6 is 15.9 Å². The summed E-state index contributed by atoms with van der Waals surface area (Å²) >= 11 is 3.30. The lowest BCUT2D eigenvalue weighted by Crippen LogP contribution is -2.12. The zero-order valence-corrected chi connectivity index (χ0v) is 9.19. The van der Waals surface area contributed by atoms with Crippen molar-refractivity contribution in [3.8, 4) is 0 Å². The molecule has 1 aliphatic rings. The Morgan fingerprint density at radius 2 is 2.43 bits per heavy atom. The van der Waals surface area contributed by atoms with E-state index in [-0.39, 0.29) is 5.92 Å². The minimum atomic E-state index is -1.06. The Kier molecular flexibility index (Phi) is 2.88. The van der Waals surface area contributed by atoms with E-state index < -0.39 is 12.3 Å². The molecule has 2 rings (SSSR count). The molecule has 1 fully saturated rings. The van der Waals surface area contributed by atoms with Gasteiger partial charge in [0, 0.05) is 12.7 Å². The van der Waals surface area contributed by atoms with Crippen LogP contribution in [0.25, 0.3) is 0 Å². The Bertz CT molecular complexity index is 308. The zero-order valence-electron chi connectivity index (χ0n) is 7.61. The van der Waals surface area contributed by atoms with Gasteiger partial charge in [0.2, 0.25) is 0 Å². The van der Waals surface area contributed by atoms with E-state index in [9.17, 15) is 9.50 Å². The van der Waals surface area contributed by atoms with Gasteiger partial charge in [-0.25, -0.2) is 4.39 Å². The van der Waals surface area contributed by atoms with Crippen molar-refractivity contribution in [2.75, 3.05) is 0 Å². The van der Waals surface area contributed by atoms with E-state index in [0.717, 1.165) is 4.47 Å². The molecule has 0 aliphatic heterocycles. The molecule has 3 nitrogen and oxygen atoms in total.